The molecule has 100 valence electrons. The van der Waals surface area contributed by atoms with Crippen molar-refractivity contribution in [2.45, 2.75) is 44.6 Å². The number of ether oxygens (including phenoxy) is 1. The molecule has 0 heterocycles. The zero-order chi connectivity index (χ0) is 13.3. The summed E-state index contributed by atoms with van der Waals surface area (Å²) in [7, 11) is 0. The van der Waals surface area contributed by atoms with Gasteiger partial charge < -0.3 is 21.3 Å². The first-order valence-corrected chi connectivity index (χ1v) is 5.88. The summed E-state index contributed by atoms with van der Waals surface area (Å²) >= 11 is 0. The Balaban J connectivity index is 4.36. The molecule has 6 heteroatoms. The molecule has 0 spiro atoms. The molecule has 0 aliphatic heterocycles. The molecule has 0 rings (SSSR count). The summed E-state index contributed by atoms with van der Waals surface area (Å²) in [5, 5.41) is 9.00. The van der Waals surface area contributed by atoms with E-state index in [0.717, 1.165) is 6.42 Å². The first-order chi connectivity index (χ1) is 7.99. The average molecular weight is 246 g/mol. The highest BCUT2D eigenvalue weighted by Crippen LogP contribution is 2.14. The summed E-state index contributed by atoms with van der Waals surface area (Å²) in [6.45, 7) is 2.60. The Morgan fingerprint density at radius 3 is 2.41 bits per heavy atom. The van der Waals surface area contributed by atoms with Crippen LogP contribution in [0.15, 0.2) is 0 Å². The summed E-state index contributed by atoms with van der Waals surface area (Å²) in [6, 6.07) is 0. The van der Waals surface area contributed by atoms with E-state index >= 15 is 0 Å². The lowest BCUT2D eigenvalue weighted by Gasteiger charge is -2.22. The van der Waals surface area contributed by atoms with Gasteiger partial charge in [-0.25, -0.2) is 9.59 Å². The van der Waals surface area contributed by atoms with E-state index in [0.29, 0.717) is 25.8 Å². The SMILES string of the molecule is CCCCOC(=O)C(N)(CCCCN)C(=O)O. The standard InChI is InChI=1S/C11H22N2O4/c1-2-3-8-17-10(16)11(13,9(14)15)6-4-5-7-12/h2-8,12-13H2,1H3,(H,14,15). The maximum absolute atomic E-state index is 11.6. The van der Waals surface area contributed by atoms with Crippen molar-refractivity contribution in [1.82, 2.24) is 0 Å². The van der Waals surface area contributed by atoms with Gasteiger partial charge in [-0.2, -0.15) is 0 Å². The van der Waals surface area contributed by atoms with Crippen LogP contribution in [0.2, 0.25) is 0 Å². The Hall–Kier alpha value is -1.14. The van der Waals surface area contributed by atoms with Gasteiger partial charge in [0.05, 0.1) is 6.61 Å². The van der Waals surface area contributed by atoms with Crippen molar-refractivity contribution in [2.24, 2.45) is 11.5 Å². The van der Waals surface area contributed by atoms with Crippen LogP contribution in [0.4, 0.5) is 0 Å². The second-order valence-corrected chi connectivity index (χ2v) is 4.01. The van der Waals surface area contributed by atoms with Gasteiger partial charge in [-0.1, -0.05) is 13.3 Å². The molecule has 17 heavy (non-hydrogen) atoms. The third-order valence-corrected chi connectivity index (χ3v) is 2.50. The molecular formula is C11H22N2O4. The first kappa shape index (κ1) is 15.9. The van der Waals surface area contributed by atoms with Crippen LogP contribution in [0.25, 0.3) is 0 Å². The topological polar surface area (TPSA) is 116 Å². The molecule has 0 amide bonds. The van der Waals surface area contributed by atoms with E-state index in [1.807, 2.05) is 6.92 Å². The number of carboxylic acid groups (broad SMARTS) is 1. The number of carbonyl (C=O) groups excluding carboxylic acids is 1. The van der Waals surface area contributed by atoms with Crippen molar-refractivity contribution in [3.8, 4) is 0 Å². The first-order valence-electron chi connectivity index (χ1n) is 5.88. The van der Waals surface area contributed by atoms with Gasteiger partial charge in [0.15, 0.2) is 0 Å². The normalized spacial score (nSPS) is 14.1. The predicted molar refractivity (Wildman–Crippen MR) is 63.3 cm³/mol. The number of aliphatic carboxylic acids is 1. The summed E-state index contributed by atoms with van der Waals surface area (Å²) in [6.07, 6.45) is 2.73. The Morgan fingerprint density at radius 2 is 1.94 bits per heavy atom. The Kier molecular flexibility index (Phi) is 7.49. The fourth-order valence-electron chi connectivity index (χ4n) is 1.28. The van der Waals surface area contributed by atoms with E-state index in [1.54, 1.807) is 0 Å². The molecule has 6 nitrogen and oxygen atoms in total. The molecule has 0 aliphatic carbocycles. The molecule has 0 saturated heterocycles. The number of rotatable bonds is 9. The number of carboxylic acids is 1. The quantitative estimate of drug-likeness (QED) is 0.305. The van der Waals surface area contributed by atoms with Crippen molar-refractivity contribution in [2.75, 3.05) is 13.2 Å². The van der Waals surface area contributed by atoms with Crippen LogP contribution in [-0.4, -0.2) is 35.7 Å². The van der Waals surface area contributed by atoms with Gasteiger partial charge in [0.2, 0.25) is 5.54 Å². The predicted octanol–water partition coefficient (Wildman–Crippen LogP) is 0.241. The molecule has 0 bridgehead atoms. The highest BCUT2D eigenvalue weighted by atomic mass is 16.5. The van der Waals surface area contributed by atoms with Gasteiger partial charge in [0.25, 0.3) is 0 Å². The van der Waals surface area contributed by atoms with Crippen LogP contribution in [0.3, 0.4) is 0 Å². The Morgan fingerprint density at radius 1 is 1.29 bits per heavy atom. The summed E-state index contributed by atoms with van der Waals surface area (Å²) in [5.41, 5.74) is 8.95. The highest BCUT2D eigenvalue weighted by molar-refractivity contribution is 6.03. The van der Waals surface area contributed by atoms with Gasteiger partial charge in [0, 0.05) is 0 Å². The minimum absolute atomic E-state index is 0.0461. The van der Waals surface area contributed by atoms with Crippen molar-refractivity contribution >= 4 is 11.9 Å². The lowest BCUT2D eigenvalue weighted by Crippen LogP contribution is -2.55. The highest BCUT2D eigenvalue weighted by Gasteiger charge is 2.43. The van der Waals surface area contributed by atoms with Crippen molar-refractivity contribution in [1.29, 1.82) is 0 Å². The Bertz CT molecular complexity index is 258. The number of nitrogens with two attached hydrogens (primary N) is 2. The van der Waals surface area contributed by atoms with Crippen LogP contribution in [-0.2, 0) is 14.3 Å². The molecule has 0 saturated carbocycles. The molecule has 0 aliphatic rings. The van der Waals surface area contributed by atoms with Gasteiger partial charge in [-0.15, -0.1) is 0 Å². The minimum atomic E-state index is -1.94. The molecular weight excluding hydrogens is 224 g/mol. The zero-order valence-electron chi connectivity index (χ0n) is 10.3. The van der Waals surface area contributed by atoms with Crippen molar-refractivity contribution in [3.63, 3.8) is 0 Å². The number of hydrogen-bond acceptors (Lipinski definition) is 5. The molecule has 1 atom stereocenters. The molecule has 5 N–H and O–H groups in total. The van der Waals surface area contributed by atoms with Crippen molar-refractivity contribution < 1.29 is 19.4 Å². The van der Waals surface area contributed by atoms with Crippen LogP contribution < -0.4 is 11.5 Å². The largest absolute Gasteiger partial charge is 0.479 e. The molecule has 0 radical (unpaired) electrons. The van der Waals surface area contributed by atoms with Crippen LogP contribution in [0, 0.1) is 0 Å². The van der Waals surface area contributed by atoms with E-state index in [2.05, 4.69) is 0 Å². The second kappa shape index (κ2) is 8.03. The van der Waals surface area contributed by atoms with E-state index in [4.69, 9.17) is 21.3 Å². The molecule has 0 aromatic heterocycles. The van der Waals surface area contributed by atoms with Gasteiger partial charge >= 0.3 is 11.9 Å². The summed E-state index contributed by atoms with van der Waals surface area (Å²) < 4.78 is 4.86. The maximum Gasteiger partial charge on any atom is 0.337 e. The van der Waals surface area contributed by atoms with E-state index in [9.17, 15) is 9.59 Å². The number of esters is 1. The van der Waals surface area contributed by atoms with Gasteiger partial charge in [-0.05, 0) is 32.2 Å². The molecule has 1 unspecified atom stereocenters. The monoisotopic (exact) mass is 246 g/mol. The second-order valence-electron chi connectivity index (χ2n) is 4.01. The smallest absolute Gasteiger partial charge is 0.337 e. The number of hydrogen-bond donors (Lipinski definition) is 3. The number of unbranched alkanes of at least 4 members (excludes halogenated alkanes) is 2. The lowest BCUT2D eigenvalue weighted by molar-refractivity contribution is -0.161. The van der Waals surface area contributed by atoms with Gasteiger partial charge in [0.1, 0.15) is 0 Å². The number of carbonyl (C=O) groups is 2. The van der Waals surface area contributed by atoms with Gasteiger partial charge in [-0.3, -0.25) is 0 Å². The van der Waals surface area contributed by atoms with Crippen LogP contribution >= 0.6 is 0 Å². The van der Waals surface area contributed by atoms with Crippen LogP contribution in [0.5, 0.6) is 0 Å². The third kappa shape index (κ3) is 5.14. The summed E-state index contributed by atoms with van der Waals surface area (Å²) in [5.74, 6) is -2.22. The van der Waals surface area contributed by atoms with E-state index < -0.39 is 17.5 Å². The van der Waals surface area contributed by atoms with Crippen LogP contribution in [0.1, 0.15) is 39.0 Å². The van der Waals surface area contributed by atoms with E-state index in [1.165, 1.54) is 0 Å². The van der Waals surface area contributed by atoms with Crippen molar-refractivity contribution in [3.05, 3.63) is 0 Å². The van der Waals surface area contributed by atoms with E-state index in [-0.39, 0.29) is 13.0 Å². The molecule has 0 aromatic carbocycles. The Labute approximate surface area is 101 Å². The molecule has 0 aromatic rings. The zero-order valence-corrected chi connectivity index (χ0v) is 10.3. The summed E-state index contributed by atoms with van der Waals surface area (Å²) in [4.78, 5) is 22.6. The minimum Gasteiger partial charge on any atom is -0.479 e. The molecule has 0 fully saturated rings. The fourth-order valence-corrected chi connectivity index (χ4v) is 1.28. The lowest BCUT2D eigenvalue weighted by atomic mass is 9.94. The maximum atomic E-state index is 11.6. The fraction of sp³-hybridized carbons (Fsp3) is 0.818. The third-order valence-electron chi connectivity index (χ3n) is 2.50. The average Bonchev–Trinajstić information content (AvgIpc) is 2.29.